The topological polar surface area (TPSA) is 70.7 Å². The summed E-state index contributed by atoms with van der Waals surface area (Å²) < 4.78 is 5.91. The predicted octanol–water partition coefficient (Wildman–Crippen LogP) is 3.44. The SMILES string of the molecule is CCC1C(=O)NCCN1C(=O)Nc1ccccc1OCCCc1ccccc1. The summed E-state index contributed by atoms with van der Waals surface area (Å²) in [4.78, 5) is 26.3. The van der Waals surface area contributed by atoms with Crippen molar-refractivity contribution in [2.24, 2.45) is 0 Å². The molecule has 0 radical (unpaired) electrons. The average molecular weight is 381 g/mol. The Morgan fingerprint density at radius 1 is 1.18 bits per heavy atom. The lowest BCUT2D eigenvalue weighted by Crippen LogP contribution is -2.57. The number of aryl methyl sites for hydroxylation is 1. The van der Waals surface area contributed by atoms with Gasteiger partial charge in [0.15, 0.2) is 0 Å². The molecule has 148 valence electrons. The minimum atomic E-state index is -0.437. The number of ether oxygens (including phenoxy) is 1. The van der Waals surface area contributed by atoms with Crippen molar-refractivity contribution in [1.29, 1.82) is 0 Å². The molecular formula is C22H27N3O3. The number of urea groups is 1. The number of carbonyl (C=O) groups excluding carboxylic acids is 2. The third-order valence-corrected chi connectivity index (χ3v) is 4.82. The minimum absolute atomic E-state index is 0.102. The fourth-order valence-corrected chi connectivity index (χ4v) is 3.35. The van der Waals surface area contributed by atoms with Gasteiger partial charge < -0.3 is 20.3 Å². The zero-order valence-electron chi connectivity index (χ0n) is 16.2. The van der Waals surface area contributed by atoms with Gasteiger partial charge in [0, 0.05) is 13.1 Å². The van der Waals surface area contributed by atoms with Crippen LogP contribution in [0, 0.1) is 0 Å². The second-order valence-corrected chi connectivity index (χ2v) is 6.77. The van der Waals surface area contributed by atoms with Crippen molar-refractivity contribution in [3.8, 4) is 5.75 Å². The van der Waals surface area contributed by atoms with Crippen molar-refractivity contribution in [3.05, 3.63) is 60.2 Å². The Labute approximate surface area is 165 Å². The zero-order valence-corrected chi connectivity index (χ0v) is 16.2. The summed E-state index contributed by atoms with van der Waals surface area (Å²) in [6.07, 6.45) is 2.41. The fraction of sp³-hybridized carbons (Fsp3) is 0.364. The monoisotopic (exact) mass is 381 g/mol. The first-order valence-corrected chi connectivity index (χ1v) is 9.80. The number of hydrogen-bond acceptors (Lipinski definition) is 3. The Bertz CT molecular complexity index is 795. The molecule has 0 saturated carbocycles. The molecule has 6 heteroatoms. The molecule has 0 bridgehead atoms. The van der Waals surface area contributed by atoms with Crippen LogP contribution in [0.2, 0.25) is 0 Å². The van der Waals surface area contributed by atoms with Gasteiger partial charge in [0.25, 0.3) is 0 Å². The van der Waals surface area contributed by atoms with E-state index in [4.69, 9.17) is 4.74 Å². The molecule has 2 aromatic rings. The van der Waals surface area contributed by atoms with E-state index >= 15 is 0 Å². The molecule has 3 rings (SSSR count). The van der Waals surface area contributed by atoms with Crippen LogP contribution in [-0.2, 0) is 11.2 Å². The summed E-state index contributed by atoms with van der Waals surface area (Å²) in [5, 5.41) is 5.71. The van der Waals surface area contributed by atoms with Crippen molar-refractivity contribution in [1.82, 2.24) is 10.2 Å². The fourth-order valence-electron chi connectivity index (χ4n) is 3.35. The standard InChI is InChI=1S/C22H27N3O3/c1-2-19-21(26)23-14-15-25(19)22(27)24-18-12-6-7-13-20(18)28-16-8-11-17-9-4-3-5-10-17/h3-7,9-10,12-13,19H,2,8,11,14-16H2,1H3,(H,23,26)(H,24,27). The number of benzene rings is 2. The number of para-hydroxylation sites is 2. The van der Waals surface area contributed by atoms with E-state index in [2.05, 4.69) is 22.8 Å². The molecule has 3 amide bonds. The maximum absolute atomic E-state index is 12.7. The Morgan fingerprint density at radius 2 is 1.93 bits per heavy atom. The zero-order chi connectivity index (χ0) is 19.8. The van der Waals surface area contributed by atoms with E-state index < -0.39 is 6.04 Å². The molecule has 6 nitrogen and oxygen atoms in total. The van der Waals surface area contributed by atoms with Gasteiger partial charge in [-0.2, -0.15) is 0 Å². The maximum Gasteiger partial charge on any atom is 0.322 e. The number of amides is 3. The molecule has 1 saturated heterocycles. The first kappa shape index (κ1) is 19.7. The molecule has 1 heterocycles. The molecule has 28 heavy (non-hydrogen) atoms. The molecule has 2 aromatic carbocycles. The van der Waals surface area contributed by atoms with Crippen LogP contribution in [0.1, 0.15) is 25.3 Å². The first-order valence-electron chi connectivity index (χ1n) is 9.80. The van der Waals surface area contributed by atoms with Gasteiger partial charge in [-0.05, 0) is 37.0 Å². The molecule has 0 aliphatic carbocycles. The van der Waals surface area contributed by atoms with Crippen molar-refractivity contribution >= 4 is 17.6 Å². The third kappa shape index (κ3) is 5.03. The van der Waals surface area contributed by atoms with Gasteiger partial charge in [0.1, 0.15) is 11.8 Å². The van der Waals surface area contributed by atoms with E-state index in [-0.39, 0.29) is 11.9 Å². The number of nitrogens with zero attached hydrogens (tertiary/aromatic N) is 1. The highest BCUT2D eigenvalue weighted by atomic mass is 16.5. The number of anilines is 1. The van der Waals surface area contributed by atoms with Crippen LogP contribution in [0.5, 0.6) is 5.75 Å². The molecule has 0 aromatic heterocycles. The van der Waals surface area contributed by atoms with Gasteiger partial charge in [-0.25, -0.2) is 4.79 Å². The Hall–Kier alpha value is -3.02. The number of nitrogens with one attached hydrogen (secondary N) is 2. The maximum atomic E-state index is 12.7. The molecule has 1 aliphatic rings. The number of rotatable bonds is 7. The number of carbonyl (C=O) groups is 2. The quantitative estimate of drug-likeness (QED) is 0.722. The second-order valence-electron chi connectivity index (χ2n) is 6.77. The van der Waals surface area contributed by atoms with Gasteiger partial charge in [0.05, 0.1) is 12.3 Å². The van der Waals surface area contributed by atoms with E-state index in [0.717, 1.165) is 12.8 Å². The Kier molecular flexibility index (Phi) is 6.89. The second kappa shape index (κ2) is 9.78. The van der Waals surface area contributed by atoms with Crippen molar-refractivity contribution in [2.45, 2.75) is 32.2 Å². The van der Waals surface area contributed by atoms with Gasteiger partial charge in [-0.3, -0.25) is 4.79 Å². The number of hydrogen-bond donors (Lipinski definition) is 2. The smallest absolute Gasteiger partial charge is 0.322 e. The average Bonchev–Trinajstić information content (AvgIpc) is 2.73. The largest absolute Gasteiger partial charge is 0.491 e. The van der Waals surface area contributed by atoms with E-state index in [9.17, 15) is 9.59 Å². The van der Waals surface area contributed by atoms with Gasteiger partial charge in [-0.15, -0.1) is 0 Å². The van der Waals surface area contributed by atoms with Crippen LogP contribution >= 0.6 is 0 Å². The molecular weight excluding hydrogens is 354 g/mol. The highest BCUT2D eigenvalue weighted by Crippen LogP contribution is 2.25. The Morgan fingerprint density at radius 3 is 2.71 bits per heavy atom. The normalized spacial score (nSPS) is 16.4. The van der Waals surface area contributed by atoms with Crippen LogP contribution < -0.4 is 15.4 Å². The van der Waals surface area contributed by atoms with Crippen molar-refractivity contribution in [2.75, 3.05) is 25.0 Å². The summed E-state index contributed by atoms with van der Waals surface area (Å²) in [5.74, 6) is 0.535. The molecule has 1 fully saturated rings. The van der Waals surface area contributed by atoms with Crippen LogP contribution in [0.4, 0.5) is 10.5 Å². The van der Waals surface area contributed by atoms with Gasteiger partial charge in [0.2, 0.25) is 5.91 Å². The van der Waals surface area contributed by atoms with Crippen LogP contribution in [0.15, 0.2) is 54.6 Å². The van der Waals surface area contributed by atoms with Crippen molar-refractivity contribution < 1.29 is 14.3 Å². The van der Waals surface area contributed by atoms with Crippen molar-refractivity contribution in [3.63, 3.8) is 0 Å². The lowest BCUT2D eigenvalue weighted by atomic mass is 10.1. The van der Waals surface area contributed by atoms with E-state index in [1.807, 2.05) is 49.4 Å². The highest BCUT2D eigenvalue weighted by molar-refractivity contribution is 5.95. The lowest BCUT2D eigenvalue weighted by Gasteiger charge is -2.34. The van der Waals surface area contributed by atoms with Gasteiger partial charge >= 0.3 is 6.03 Å². The Balaban J connectivity index is 1.57. The summed E-state index contributed by atoms with van der Waals surface area (Å²) >= 11 is 0. The lowest BCUT2D eigenvalue weighted by molar-refractivity contribution is -0.127. The minimum Gasteiger partial charge on any atom is -0.491 e. The summed E-state index contributed by atoms with van der Waals surface area (Å²) in [7, 11) is 0. The summed E-state index contributed by atoms with van der Waals surface area (Å²) in [5.41, 5.74) is 1.90. The van der Waals surface area contributed by atoms with E-state index in [0.29, 0.717) is 37.6 Å². The van der Waals surface area contributed by atoms with Crippen LogP contribution in [-0.4, -0.2) is 42.6 Å². The van der Waals surface area contributed by atoms with Crippen LogP contribution in [0.25, 0.3) is 0 Å². The van der Waals surface area contributed by atoms with Gasteiger partial charge in [-0.1, -0.05) is 49.4 Å². The number of piperazine rings is 1. The van der Waals surface area contributed by atoms with E-state index in [1.165, 1.54) is 5.56 Å². The summed E-state index contributed by atoms with van der Waals surface area (Å²) in [6, 6.07) is 17.0. The molecule has 1 aliphatic heterocycles. The molecule has 1 atom stereocenters. The first-order chi connectivity index (χ1) is 13.7. The molecule has 0 spiro atoms. The molecule has 2 N–H and O–H groups in total. The van der Waals surface area contributed by atoms with Crippen LogP contribution in [0.3, 0.4) is 0 Å². The van der Waals surface area contributed by atoms with E-state index in [1.54, 1.807) is 4.90 Å². The highest BCUT2D eigenvalue weighted by Gasteiger charge is 2.31. The molecule has 1 unspecified atom stereocenters. The third-order valence-electron chi connectivity index (χ3n) is 4.82. The predicted molar refractivity (Wildman–Crippen MR) is 110 cm³/mol. The summed E-state index contributed by atoms with van der Waals surface area (Å²) in [6.45, 7) is 3.43.